The zero-order chi connectivity index (χ0) is 15.0. The van der Waals surface area contributed by atoms with Crippen molar-refractivity contribution >= 4 is 39.1 Å². The van der Waals surface area contributed by atoms with Gasteiger partial charge in [-0.2, -0.15) is 22.0 Å². The summed E-state index contributed by atoms with van der Waals surface area (Å²) in [7, 11) is 0. The van der Waals surface area contributed by atoms with Crippen LogP contribution in [0.2, 0.25) is 5.02 Å². The van der Waals surface area contributed by atoms with E-state index in [0.29, 0.717) is 4.47 Å². The van der Waals surface area contributed by atoms with E-state index < -0.39 is 18.0 Å². The van der Waals surface area contributed by atoms with E-state index in [1.165, 1.54) is 18.3 Å². The Morgan fingerprint density at radius 3 is 2.26 bits per heavy atom. The lowest BCUT2D eigenvalue weighted by Crippen LogP contribution is -2.47. The van der Waals surface area contributed by atoms with E-state index >= 15 is 0 Å². The molecule has 0 aliphatic heterocycles. The highest BCUT2D eigenvalue weighted by molar-refractivity contribution is 9.10. The van der Waals surface area contributed by atoms with E-state index in [1.54, 1.807) is 0 Å². The van der Waals surface area contributed by atoms with Gasteiger partial charge < -0.3 is 5.32 Å². The van der Waals surface area contributed by atoms with E-state index in [-0.39, 0.29) is 16.3 Å². The van der Waals surface area contributed by atoms with Crippen molar-refractivity contribution in [3.8, 4) is 0 Å². The van der Waals surface area contributed by atoms with Gasteiger partial charge in [0.05, 0.1) is 5.02 Å². The Hall–Kier alpha value is -0.890. The van der Waals surface area contributed by atoms with E-state index in [0.717, 1.165) is 6.07 Å². The molecule has 0 aliphatic carbocycles. The monoisotopic (exact) mass is 365 g/mol. The summed E-state index contributed by atoms with van der Waals surface area (Å²) < 4.78 is 61.9. The van der Waals surface area contributed by atoms with Crippen LogP contribution in [0.15, 0.2) is 16.6 Å². The molecule has 0 fully saturated rings. The number of anilines is 1. The molecule has 1 aromatic carbocycles. The number of benzene rings is 1. The lowest BCUT2D eigenvalue weighted by Gasteiger charge is -2.19. The maximum Gasteiger partial charge on any atom is 0.463 e. The minimum Gasteiger partial charge on any atom is -0.320 e. The first-order valence-electron chi connectivity index (χ1n) is 4.68. The van der Waals surface area contributed by atoms with Gasteiger partial charge in [-0.1, -0.05) is 11.6 Å². The third kappa shape index (κ3) is 3.36. The number of carbonyl (C=O) groups is 1. The van der Waals surface area contributed by atoms with E-state index in [2.05, 4.69) is 15.9 Å². The van der Waals surface area contributed by atoms with Gasteiger partial charge in [0.2, 0.25) is 0 Å². The Balaban J connectivity index is 3.05. The van der Waals surface area contributed by atoms with E-state index in [1.807, 2.05) is 0 Å². The van der Waals surface area contributed by atoms with E-state index in [9.17, 15) is 26.7 Å². The van der Waals surface area contributed by atoms with Crippen molar-refractivity contribution in [3.63, 3.8) is 0 Å². The number of hydrogen-bond donors (Lipinski definition) is 1. The van der Waals surface area contributed by atoms with Gasteiger partial charge >= 0.3 is 18.0 Å². The fraction of sp³-hybridized carbons (Fsp3) is 0.300. The third-order valence-electron chi connectivity index (χ3n) is 2.16. The quantitative estimate of drug-likeness (QED) is 0.765. The van der Waals surface area contributed by atoms with Crippen LogP contribution in [-0.2, 0) is 4.79 Å². The largest absolute Gasteiger partial charge is 0.463 e. The van der Waals surface area contributed by atoms with Gasteiger partial charge in [-0.05, 0) is 40.5 Å². The SMILES string of the molecule is Cc1cc(Br)c(Cl)cc1NC(=O)C(F)(F)C(F)(F)F. The summed E-state index contributed by atoms with van der Waals surface area (Å²) in [6.45, 7) is 1.42. The summed E-state index contributed by atoms with van der Waals surface area (Å²) in [6, 6.07) is 2.45. The summed E-state index contributed by atoms with van der Waals surface area (Å²) in [5, 5.41) is 1.58. The molecule has 0 aliphatic rings. The molecule has 0 aromatic heterocycles. The molecule has 9 heteroatoms. The van der Waals surface area contributed by atoms with Gasteiger partial charge in [-0.15, -0.1) is 0 Å². The Morgan fingerprint density at radius 1 is 1.26 bits per heavy atom. The molecule has 0 atom stereocenters. The maximum absolute atomic E-state index is 12.7. The van der Waals surface area contributed by atoms with Crippen LogP contribution in [0, 0.1) is 6.92 Å². The number of rotatable bonds is 2. The van der Waals surface area contributed by atoms with Crippen molar-refractivity contribution in [2.24, 2.45) is 0 Å². The highest BCUT2D eigenvalue weighted by atomic mass is 79.9. The van der Waals surface area contributed by atoms with Gasteiger partial charge in [0.25, 0.3) is 0 Å². The minimum atomic E-state index is -5.95. The molecule has 1 rings (SSSR count). The van der Waals surface area contributed by atoms with Crippen LogP contribution in [0.4, 0.5) is 27.6 Å². The first-order valence-corrected chi connectivity index (χ1v) is 5.85. The highest BCUT2D eigenvalue weighted by Crippen LogP contribution is 2.37. The number of nitrogens with one attached hydrogen (secondary N) is 1. The Morgan fingerprint density at radius 2 is 1.79 bits per heavy atom. The summed E-state index contributed by atoms with van der Waals surface area (Å²) >= 11 is 8.71. The van der Waals surface area contributed by atoms with Crippen LogP contribution in [0.5, 0.6) is 0 Å². The minimum absolute atomic E-state index is 0.0659. The zero-order valence-electron chi connectivity index (χ0n) is 9.21. The predicted octanol–water partition coefficient (Wildman–Crippen LogP) is 4.55. The van der Waals surface area contributed by atoms with Crippen molar-refractivity contribution in [2.75, 3.05) is 5.32 Å². The fourth-order valence-corrected chi connectivity index (χ4v) is 1.73. The third-order valence-corrected chi connectivity index (χ3v) is 3.35. The van der Waals surface area contributed by atoms with Crippen LogP contribution < -0.4 is 5.32 Å². The Labute approximate surface area is 118 Å². The summed E-state index contributed by atoms with van der Waals surface area (Å²) in [5.41, 5.74) is 0.0599. The number of hydrogen-bond acceptors (Lipinski definition) is 1. The predicted molar refractivity (Wildman–Crippen MR) is 63.5 cm³/mol. The van der Waals surface area contributed by atoms with Crippen molar-refractivity contribution in [2.45, 2.75) is 19.0 Å². The zero-order valence-corrected chi connectivity index (χ0v) is 11.6. The maximum atomic E-state index is 12.7. The highest BCUT2D eigenvalue weighted by Gasteiger charge is 2.63. The van der Waals surface area contributed by atoms with Gasteiger partial charge in [0.15, 0.2) is 0 Å². The summed E-state index contributed by atoms with van der Waals surface area (Å²) in [6.07, 6.45) is -5.95. The second kappa shape index (κ2) is 5.24. The van der Waals surface area contributed by atoms with E-state index in [4.69, 9.17) is 11.6 Å². The molecular formula is C10H6BrClF5NO. The molecule has 0 saturated heterocycles. The van der Waals surface area contributed by atoms with Crippen LogP contribution in [-0.4, -0.2) is 18.0 Å². The van der Waals surface area contributed by atoms with Crippen LogP contribution in [0.1, 0.15) is 5.56 Å². The first-order chi connectivity index (χ1) is 8.46. The first kappa shape index (κ1) is 16.2. The number of alkyl halides is 5. The fourth-order valence-electron chi connectivity index (χ4n) is 1.11. The molecule has 1 amide bonds. The number of carbonyl (C=O) groups excluding carboxylic acids is 1. The molecule has 0 spiro atoms. The molecule has 2 nitrogen and oxygen atoms in total. The normalized spacial score (nSPS) is 12.4. The van der Waals surface area contributed by atoms with Crippen LogP contribution in [0.25, 0.3) is 0 Å². The van der Waals surface area contributed by atoms with Crippen LogP contribution in [0.3, 0.4) is 0 Å². The Kier molecular flexibility index (Phi) is 4.46. The molecule has 0 unspecified atom stereocenters. The molecule has 0 bridgehead atoms. The van der Waals surface area contributed by atoms with Crippen molar-refractivity contribution in [1.82, 2.24) is 0 Å². The Bertz CT molecular complexity index is 517. The molecule has 19 heavy (non-hydrogen) atoms. The second-order valence-corrected chi connectivity index (χ2v) is 4.87. The molecule has 1 N–H and O–H groups in total. The summed E-state index contributed by atoms with van der Waals surface area (Å²) in [5.74, 6) is -7.93. The topological polar surface area (TPSA) is 29.1 Å². The second-order valence-electron chi connectivity index (χ2n) is 3.61. The smallest absolute Gasteiger partial charge is 0.320 e. The lowest BCUT2D eigenvalue weighted by molar-refractivity contribution is -0.267. The molecule has 1 aromatic rings. The lowest BCUT2D eigenvalue weighted by atomic mass is 10.2. The van der Waals surface area contributed by atoms with Gasteiger partial charge in [-0.25, -0.2) is 0 Å². The molecular weight excluding hydrogens is 360 g/mol. The van der Waals surface area contributed by atoms with Crippen molar-refractivity contribution in [1.29, 1.82) is 0 Å². The van der Waals surface area contributed by atoms with Gasteiger partial charge in [0, 0.05) is 10.2 Å². The summed E-state index contributed by atoms with van der Waals surface area (Å²) in [4.78, 5) is 11.0. The average molecular weight is 367 g/mol. The average Bonchev–Trinajstić information content (AvgIpc) is 2.24. The van der Waals surface area contributed by atoms with Crippen molar-refractivity contribution in [3.05, 3.63) is 27.2 Å². The van der Waals surface area contributed by atoms with Crippen LogP contribution >= 0.6 is 27.5 Å². The number of aryl methyl sites for hydroxylation is 1. The standard InChI is InChI=1S/C10H6BrClF5NO/c1-4-2-5(11)6(12)3-7(4)18-8(19)9(13,14)10(15,16)17/h2-3H,1H3,(H,18,19). The molecule has 106 valence electrons. The van der Waals surface area contributed by atoms with Gasteiger partial charge in [0.1, 0.15) is 0 Å². The molecule has 0 radical (unpaired) electrons. The number of amides is 1. The van der Waals surface area contributed by atoms with Gasteiger partial charge in [-0.3, -0.25) is 4.79 Å². The number of halogens is 7. The van der Waals surface area contributed by atoms with Crippen molar-refractivity contribution < 1.29 is 26.7 Å². The molecule has 0 heterocycles. The molecule has 0 saturated carbocycles.